The normalized spacial score (nSPS) is 15.8. The van der Waals surface area contributed by atoms with Crippen LogP contribution in [0.2, 0.25) is 0 Å². The molecule has 0 aliphatic rings. The van der Waals surface area contributed by atoms with E-state index < -0.39 is 0 Å². The van der Waals surface area contributed by atoms with Crippen molar-refractivity contribution in [3.63, 3.8) is 0 Å². The van der Waals surface area contributed by atoms with Gasteiger partial charge in [-0.1, -0.05) is 20.8 Å². The van der Waals surface area contributed by atoms with Crippen LogP contribution >= 0.6 is 11.3 Å². The standard InChI is InChI=1S/C12H21NS/c1-9(2)11(4)13-7-10(3)12-5-6-14-8-12/h5-6,8-11,13H,7H2,1-4H3. The van der Waals surface area contributed by atoms with Gasteiger partial charge in [0, 0.05) is 12.6 Å². The molecular weight excluding hydrogens is 190 g/mol. The van der Waals surface area contributed by atoms with Crippen LogP contribution in [0.5, 0.6) is 0 Å². The van der Waals surface area contributed by atoms with Crippen molar-refractivity contribution in [2.45, 2.75) is 39.7 Å². The summed E-state index contributed by atoms with van der Waals surface area (Å²) in [5, 5.41) is 7.97. The molecule has 1 N–H and O–H groups in total. The highest BCUT2D eigenvalue weighted by Crippen LogP contribution is 2.17. The van der Waals surface area contributed by atoms with Crippen LogP contribution in [0.15, 0.2) is 16.8 Å². The number of hydrogen-bond acceptors (Lipinski definition) is 2. The highest BCUT2D eigenvalue weighted by Gasteiger charge is 2.09. The monoisotopic (exact) mass is 211 g/mol. The van der Waals surface area contributed by atoms with Gasteiger partial charge in [0.2, 0.25) is 0 Å². The van der Waals surface area contributed by atoms with Crippen molar-refractivity contribution in [1.82, 2.24) is 5.32 Å². The summed E-state index contributed by atoms with van der Waals surface area (Å²) in [4.78, 5) is 0. The molecule has 1 aromatic heterocycles. The van der Waals surface area contributed by atoms with Crippen LogP contribution in [0, 0.1) is 5.92 Å². The molecule has 1 aromatic rings. The molecule has 0 bridgehead atoms. The van der Waals surface area contributed by atoms with Crippen LogP contribution in [0.4, 0.5) is 0 Å². The van der Waals surface area contributed by atoms with Crippen molar-refractivity contribution in [3.8, 4) is 0 Å². The molecular formula is C12H21NS. The summed E-state index contributed by atoms with van der Waals surface area (Å²) in [7, 11) is 0. The van der Waals surface area contributed by atoms with Gasteiger partial charge in [0.1, 0.15) is 0 Å². The molecule has 0 aliphatic carbocycles. The third kappa shape index (κ3) is 3.43. The van der Waals surface area contributed by atoms with Gasteiger partial charge in [-0.25, -0.2) is 0 Å². The number of thiophene rings is 1. The van der Waals surface area contributed by atoms with E-state index in [-0.39, 0.29) is 0 Å². The lowest BCUT2D eigenvalue weighted by atomic mass is 10.0. The third-order valence-electron chi connectivity index (χ3n) is 2.86. The van der Waals surface area contributed by atoms with Crippen LogP contribution in [0.25, 0.3) is 0 Å². The Morgan fingerprint density at radius 2 is 2.00 bits per heavy atom. The van der Waals surface area contributed by atoms with Gasteiger partial charge in [0.15, 0.2) is 0 Å². The van der Waals surface area contributed by atoms with E-state index in [9.17, 15) is 0 Å². The largest absolute Gasteiger partial charge is 0.313 e. The second-order valence-electron chi connectivity index (χ2n) is 4.40. The van der Waals surface area contributed by atoms with E-state index in [2.05, 4.69) is 49.8 Å². The van der Waals surface area contributed by atoms with Gasteiger partial charge >= 0.3 is 0 Å². The first kappa shape index (κ1) is 11.7. The van der Waals surface area contributed by atoms with Gasteiger partial charge in [0.05, 0.1) is 0 Å². The topological polar surface area (TPSA) is 12.0 Å². The van der Waals surface area contributed by atoms with Crippen molar-refractivity contribution in [3.05, 3.63) is 22.4 Å². The second-order valence-corrected chi connectivity index (χ2v) is 5.18. The van der Waals surface area contributed by atoms with Crippen LogP contribution in [0.1, 0.15) is 39.2 Å². The summed E-state index contributed by atoms with van der Waals surface area (Å²) in [5.41, 5.74) is 1.46. The summed E-state index contributed by atoms with van der Waals surface area (Å²) in [6, 6.07) is 2.83. The zero-order chi connectivity index (χ0) is 10.6. The Morgan fingerprint density at radius 3 is 2.50 bits per heavy atom. The first-order chi connectivity index (χ1) is 6.61. The number of rotatable bonds is 5. The maximum atomic E-state index is 3.57. The van der Waals surface area contributed by atoms with Crippen LogP contribution in [0.3, 0.4) is 0 Å². The fraction of sp³-hybridized carbons (Fsp3) is 0.667. The van der Waals surface area contributed by atoms with Crippen LogP contribution < -0.4 is 5.32 Å². The maximum absolute atomic E-state index is 3.57. The Hall–Kier alpha value is -0.340. The highest BCUT2D eigenvalue weighted by molar-refractivity contribution is 7.07. The van der Waals surface area contributed by atoms with Gasteiger partial charge in [-0.3, -0.25) is 0 Å². The van der Waals surface area contributed by atoms with Gasteiger partial charge in [-0.2, -0.15) is 11.3 Å². The molecule has 0 radical (unpaired) electrons. The molecule has 1 nitrogen and oxygen atoms in total. The average Bonchev–Trinajstić information content (AvgIpc) is 2.66. The molecule has 1 rings (SSSR count). The SMILES string of the molecule is CC(CNC(C)C(C)C)c1ccsc1. The quantitative estimate of drug-likeness (QED) is 0.786. The smallest absolute Gasteiger partial charge is 0.00619 e. The Balaban J connectivity index is 2.32. The first-order valence-corrected chi connectivity index (χ1v) is 6.31. The Labute approximate surface area is 91.5 Å². The maximum Gasteiger partial charge on any atom is 0.00619 e. The zero-order valence-corrected chi connectivity index (χ0v) is 10.4. The van der Waals surface area contributed by atoms with Gasteiger partial charge in [0.25, 0.3) is 0 Å². The average molecular weight is 211 g/mol. The van der Waals surface area contributed by atoms with E-state index in [1.54, 1.807) is 11.3 Å². The molecule has 0 fully saturated rings. The summed E-state index contributed by atoms with van der Waals surface area (Å²) in [6.45, 7) is 10.1. The lowest BCUT2D eigenvalue weighted by molar-refractivity contribution is 0.417. The van der Waals surface area contributed by atoms with Crippen molar-refractivity contribution in [2.24, 2.45) is 5.92 Å². The van der Waals surface area contributed by atoms with Gasteiger partial charge in [-0.15, -0.1) is 0 Å². The molecule has 2 atom stereocenters. The Kier molecular flexibility index (Phi) is 4.63. The molecule has 14 heavy (non-hydrogen) atoms. The Bertz CT molecular complexity index is 241. The molecule has 2 heteroatoms. The molecule has 80 valence electrons. The fourth-order valence-corrected chi connectivity index (χ4v) is 2.05. The van der Waals surface area contributed by atoms with Crippen molar-refractivity contribution >= 4 is 11.3 Å². The predicted octanol–water partition coefficient (Wildman–Crippen LogP) is 3.49. The molecule has 0 spiro atoms. The van der Waals surface area contributed by atoms with Crippen molar-refractivity contribution in [2.75, 3.05) is 6.54 Å². The van der Waals surface area contributed by atoms with Gasteiger partial charge in [-0.05, 0) is 41.1 Å². The first-order valence-electron chi connectivity index (χ1n) is 5.36. The molecule has 0 saturated heterocycles. The van der Waals surface area contributed by atoms with Crippen LogP contribution in [-0.2, 0) is 0 Å². The zero-order valence-electron chi connectivity index (χ0n) is 9.58. The molecule has 0 amide bonds. The molecule has 0 aromatic carbocycles. The molecule has 0 saturated carbocycles. The minimum absolute atomic E-state index is 0.607. The third-order valence-corrected chi connectivity index (χ3v) is 3.56. The van der Waals surface area contributed by atoms with E-state index in [0.717, 1.165) is 6.54 Å². The summed E-state index contributed by atoms with van der Waals surface area (Å²) < 4.78 is 0. The minimum atomic E-state index is 0.607. The predicted molar refractivity (Wildman–Crippen MR) is 65.0 cm³/mol. The lowest BCUT2D eigenvalue weighted by Gasteiger charge is -2.20. The van der Waals surface area contributed by atoms with Gasteiger partial charge < -0.3 is 5.32 Å². The van der Waals surface area contributed by atoms with E-state index in [1.165, 1.54) is 5.56 Å². The van der Waals surface area contributed by atoms with E-state index in [0.29, 0.717) is 17.9 Å². The lowest BCUT2D eigenvalue weighted by Crippen LogP contribution is -2.33. The van der Waals surface area contributed by atoms with Crippen LogP contribution in [-0.4, -0.2) is 12.6 Å². The number of nitrogens with one attached hydrogen (secondary N) is 1. The van der Waals surface area contributed by atoms with Crippen molar-refractivity contribution in [1.29, 1.82) is 0 Å². The molecule has 0 aliphatic heterocycles. The fourth-order valence-electron chi connectivity index (χ4n) is 1.27. The molecule has 1 heterocycles. The van der Waals surface area contributed by atoms with E-state index in [1.807, 2.05) is 0 Å². The van der Waals surface area contributed by atoms with E-state index >= 15 is 0 Å². The summed E-state index contributed by atoms with van der Waals surface area (Å²) in [5.74, 6) is 1.34. The van der Waals surface area contributed by atoms with Crippen molar-refractivity contribution < 1.29 is 0 Å². The molecule has 2 unspecified atom stereocenters. The Morgan fingerprint density at radius 1 is 1.29 bits per heavy atom. The summed E-state index contributed by atoms with van der Waals surface area (Å²) in [6.07, 6.45) is 0. The van der Waals surface area contributed by atoms with E-state index in [4.69, 9.17) is 0 Å². The minimum Gasteiger partial charge on any atom is -0.313 e. The summed E-state index contributed by atoms with van der Waals surface area (Å²) >= 11 is 1.78. The number of hydrogen-bond donors (Lipinski definition) is 1. The second kappa shape index (κ2) is 5.52. The highest BCUT2D eigenvalue weighted by atomic mass is 32.1.